The van der Waals surface area contributed by atoms with Crippen molar-refractivity contribution in [1.29, 1.82) is 0 Å². The van der Waals surface area contributed by atoms with Gasteiger partial charge in [0.1, 0.15) is 0 Å². The molecule has 2 rings (SSSR count). The summed E-state index contributed by atoms with van der Waals surface area (Å²) in [5, 5.41) is 13.5. The Bertz CT molecular complexity index is 603. The summed E-state index contributed by atoms with van der Waals surface area (Å²) in [4.78, 5) is 9.92. The molecule has 6 heteroatoms. The highest BCUT2D eigenvalue weighted by atomic mass is 19.3. The topological polar surface area (TPSA) is 55.2 Å². The molecule has 1 N–H and O–H groups in total. The van der Waals surface area contributed by atoms with Gasteiger partial charge in [-0.3, -0.25) is 10.1 Å². The molecule has 0 atom stereocenters. The fraction of sp³-hybridized carbons (Fsp3) is 0.143. The Labute approximate surface area is 114 Å². The SMILES string of the molecule is O=[N+]([O-])c1ccc(NCc2ccccc2)c(C(F)F)c1. The third kappa shape index (κ3) is 3.28. The molecule has 0 bridgehead atoms. The predicted octanol–water partition coefficient (Wildman–Crippen LogP) is 4.14. The second-order valence-corrected chi connectivity index (χ2v) is 4.17. The van der Waals surface area contributed by atoms with Gasteiger partial charge in [-0.15, -0.1) is 0 Å². The van der Waals surface area contributed by atoms with Gasteiger partial charge in [-0.05, 0) is 11.6 Å². The molecular weight excluding hydrogens is 266 g/mol. The molecule has 0 spiro atoms. The molecule has 2 aromatic rings. The highest BCUT2D eigenvalue weighted by Crippen LogP contribution is 2.30. The number of anilines is 1. The number of non-ortho nitro benzene ring substituents is 1. The monoisotopic (exact) mass is 278 g/mol. The highest BCUT2D eigenvalue weighted by Gasteiger charge is 2.17. The Morgan fingerprint density at radius 2 is 1.85 bits per heavy atom. The van der Waals surface area contributed by atoms with E-state index in [9.17, 15) is 18.9 Å². The number of alkyl halides is 2. The lowest BCUT2D eigenvalue weighted by Crippen LogP contribution is -2.03. The molecule has 20 heavy (non-hydrogen) atoms. The molecule has 0 saturated carbocycles. The van der Waals surface area contributed by atoms with Crippen LogP contribution in [-0.4, -0.2) is 4.92 Å². The number of hydrogen-bond acceptors (Lipinski definition) is 3. The second-order valence-electron chi connectivity index (χ2n) is 4.17. The largest absolute Gasteiger partial charge is 0.381 e. The first kappa shape index (κ1) is 13.9. The maximum Gasteiger partial charge on any atom is 0.270 e. The van der Waals surface area contributed by atoms with Crippen molar-refractivity contribution in [2.75, 3.05) is 5.32 Å². The Hall–Kier alpha value is -2.50. The van der Waals surface area contributed by atoms with Gasteiger partial charge in [0.2, 0.25) is 0 Å². The molecule has 2 aromatic carbocycles. The van der Waals surface area contributed by atoms with Gasteiger partial charge in [0.15, 0.2) is 0 Å². The van der Waals surface area contributed by atoms with Crippen molar-refractivity contribution in [3.63, 3.8) is 0 Å². The van der Waals surface area contributed by atoms with E-state index in [0.717, 1.165) is 11.6 Å². The van der Waals surface area contributed by atoms with Gasteiger partial charge < -0.3 is 5.32 Å². The normalized spacial score (nSPS) is 10.6. The van der Waals surface area contributed by atoms with E-state index >= 15 is 0 Å². The maximum atomic E-state index is 12.9. The molecule has 4 nitrogen and oxygen atoms in total. The fourth-order valence-electron chi connectivity index (χ4n) is 1.80. The molecule has 0 heterocycles. The molecule has 0 unspecified atom stereocenters. The van der Waals surface area contributed by atoms with Gasteiger partial charge in [-0.25, -0.2) is 8.78 Å². The van der Waals surface area contributed by atoms with Crippen LogP contribution in [0.15, 0.2) is 48.5 Å². The lowest BCUT2D eigenvalue weighted by atomic mass is 10.1. The van der Waals surface area contributed by atoms with E-state index in [2.05, 4.69) is 5.32 Å². The average Bonchev–Trinajstić information content (AvgIpc) is 2.45. The number of nitro groups is 1. The summed E-state index contributed by atoms with van der Waals surface area (Å²) in [5.41, 5.74) is 0.432. The number of hydrogen-bond donors (Lipinski definition) is 1. The highest BCUT2D eigenvalue weighted by molar-refractivity contribution is 5.56. The van der Waals surface area contributed by atoms with Gasteiger partial charge in [-0.1, -0.05) is 30.3 Å². The van der Waals surface area contributed by atoms with Crippen LogP contribution in [0.2, 0.25) is 0 Å². The standard InChI is InChI=1S/C14H12F2N2O2/c15-14(16)12-8-11(18(19)20)6-7-13(12)17-9-10-4-2-1-3-5-10/h1-8,14,17H,9H2. The summed E-state index contributed by atoms with van der Waals surface area (Å²) in [6, 6.07) is 12.7. The van der Waals surface area contributed by atoms with Crippen LogP contribution in [0, 0.1) is 10.1 Å². The van der Waals surface area contributed by atoms with Crippen LogP contribution in [0.3, 0.4) is 0 Å². The Morgan fingerprint density at radius 3 is 2.45 bits per heavy atom. The van der Waals surface area contributed by atoms with Crippen molar-refractivity contribution >= 4 is 11.4 Å². The zero-order valence-corrected chi connectivity index (χ0v) is 10.4. The van der Waals surface area contributed by atoms with E-state index in [0.29, 0.717) is 6.54 Å². The number of rotatable bonds is 5. The number of nitrogens with one attached hydrogen (secondary N) is 1. The molecule has 0 aliphatic heterocycles. The first-order chi connectivity index (χ1) is 9.58. The van der Waals surface area contributed by atoms with Gasteiger partial charge in [0, 0.05) is 29.9 Å². The first-order valence-electron chi connectivity index (χ1n) is 5.92. The van der Waals surface area contributed by atoms with Gasteiger partial charge in [0.25, 0.3) is 12.1 Å². The molecular formula is C14H12F2N2O2. The maximum absolute atomic E-state index is 12.9. The molecule has 0 aliphatic carbocycles. The summed E-state index contributed by atoms with van der Waals surface area (Å²) >= 11 is 0. The first-order valence-corrected chi connectivity index (χ1v) is 5.92. The lowest BCUT2D eigenvalue weighted by molar-refractivity contribution is -0.385. The zero-order chi connectivity index (χ0) is 14.5. The van der Waals surface area contributed by atoms with Crippen molar-refractivity contribution in [1.82, 2.24) is 0 Å². The number of nitro benzene ring substituents is 1. The summed E-state index contributed by atoms with van der Waals surface area (Å²) < 4.78 is 25.9. The van der Waals surface area contributed by atoms with E-state index in [1.165, 1.54) is 12.1 Å². The smallest absolute Gasteiger partial charge is 0.270 e. The molecule has 0 fully saturated rings. The van der Waals surface area contributed by atoms with Gasteiger partial charge >= 0.3 is 0 Å². The van der Waals surface area contributed by atoms with E-state index in [-0.39, 0.29) is 16.9 Å². The summed E-state index contributed by atoms with van der Waals surface area (Å²) in [7, 11) is 0. The van der Waals surface area contributed by atoms with Crippen LogP contribution in [-0.2, 0) is 6.54 Å². The van der Waals surface area contributed by atoms with Crippen molar-refractivity contribution < 1.29 is 13.7 Å². The summed E-state index contributed by atoms with van der Waals surface area (Å²) in [5.74, 6) is 0. The average molecular weight is 278 g/mol. The van der Waals surface area contributed by atoms with Crippen molar-refractivity contribution in [3.8, 4) is 0 Å². The predicted molar refractivity (Wildman–Crippen MR) is 71.8 cm³/mol. The minimum absolute atomic E-state index is 0.203. The molecule has 0 aromatic heterocycles. The van der Waals surface area contributed by atoms with Crippen molar-refractivity contribution in [3.05, 3.63) is 69.8 Å². The van der Waals surface area contributed by atoms with Crippen LogP contribution >= 0.6 is 0 Å². The van der Waals surface area contributed by atoms with Crippen LogP contribution < -0.4 is 5.32 Å². The Morgan fingerprint density at radius 1 is 1.15 bits per heavy atom. The van der Waals surface area contributed by atoms with Crippen LogP contribution in [0.5, 0.6) is 0 Å². The van der Waals surface area contributed by atoms with Crippen molar-refractivity contribution in [2.45, 2.75) is 13.0 Å². The van der Waals surface area contributed by atoms with E-state index in [1.807, 2.05) is 30.3 Å². The minimum Gasteiger partial charge on any atom is -0.381 e. The third-order valence-corrected chi connectivity index (χ3v) is 2.81. The number of nitrogens with zero attached hydrogens (tertiary/aromatic N) is 1. The Kier molecular flexibility index (Phi) is 4.24. The Balaban J connectivity index is 2.20. The molecule has 0 radical (unpaired) electrons. The number of benzene rings is 2. The summed E-state index contributed by atoms with van der Waals surface area (Å²) in [6.45, 7) is 0.373. The molecule has 0 amide bonds. The van der Waals surface area contributed by atoms with Crippen LogP contribution in [0.25, 0.3) is 0 Å². The fourth-order valence-corrected chi connectivity index (χ4v) is 1.80. The van der Waals surface area contributed by atoms with Crippen LogP contribution in [0.1, 0.15) is 17.6 Å². The quantitative estimate of drug-likeness (QED) is 0.660. The van der Waals surface area contributed by atoms with E-state index in [1.54, 1.807) is 0 Å². The lowest BCUT2D eigenvalue weighted by Gasteiger charge is -2.11. The summed E-state index contributed by atoms with van der Waals surface area (Å²) in [6.07, 6.45) is -2.77. The van der Waals surface area contributed by atoms with E-state index in [4.69, 9.17) is 0 Å². The molecule has 104 valence electrons. The van der Waals surface area contributed by atoms with E-state index < -0.39 is 11.3 Å². The molecule has 0 saturated heterocycles. The number of halogens is 2. The van der Waals surface area contributed by atoms with Crippen LogP contribution in [0.4, 0.5) is 20.2 Å². The van der Waals surface area contributed by atoms with Gasteiger partial charge in [0.05, 0.1) is 4.92 Å². The molecule has 0 aliphatic rings. The third-order valence-electron chi connectivity index (χ3n) is 2.81. The minimum atomic E-state index is -2.77. The second kappa shape index (κ2) is 6.10. The van der Waals surface area contributed by atoms with Crippen molar-refractivity contribution in [2.24, 2.45) is 0 Å². The zero-order valence-electron chi connectivity index (χ0n) is 10.4. The van der Waals surface area contributed by atoms with Gasteiger partial charge in [-0.2, -0.15) is 0 Å².